The summed E-state index contributed by atoms with van der Waals surface area (Å²) in [5, 5.41) is 3.67. The molecule has 1 aliphatic rings. The fourth-order valence-electron chi connectivity index (χ4n) is 5.18. The van der Waals surface area contributed by atoms with E-state index in [0.29, 0.717) is 33.2 Å². The maximum absolute atomic E-state index is 14.6. The Morgan fingerprint density at radius 2 is 1.66 bits per heavy atom. The van der Waals surface area contributed by atoms with E-state index in [1.54, 1.807) is 85.8 Å². The minimum Gasteiger partial charge on any atom is -0.368 e. The second-order valence-corrected chi connectivity index (χ2v) is 13.3. The van der Waals surface area contributed by atoms with Gasteiger partial charge in [0.05, 0.1) is 17.0 Å². The van der Waals surface area contributed by atoms with Gasteiger partial charge in [0.15, 0.2) is 0 Å². The van der Waals surface area contributed by atoms with Gasteiger partial charge in [0.1, 0.15) is 6.04 Å². The molecule has 0 unspecified atom stereocenters. The number of halogens is 2. The van der Waals surface area contributed by atoms with E-state index in [1.165, 1.54) is 4.31 Å². The van der Waals surface area contributed by atoms with Crippen molar-refractivity contribution in [2.75, 3.05) is 0 Å². The second-order valence-electron chi connectivity index (χ2n) is 10.6. The predicted molar refractivity (Wildman–Crippen MR) is 162 cm³/mol. The lowest BCUT2D eigenvalue weighted by Crippen LogP contribution is -2.49. The number of sulfonamides is 1. The maximum atomic E-state index is 14.6. The Bertz CT molecular complexity index is 1570. The maximum Gasteiger partial charge on any atom is 0.249 e. The van der Waals surface area contributed by atoms with E-state index in [4.69, 9.17) is 28.9 Å². The number of hydrogen-bond acceptors (Lipinski definition) is 4. The molecule has 2 amide bonds. The first-order valence-electron chi connectivity index (χ1n) is 13.3. The number of nitrogens with one attached hydrogen (secondary N) is 1. The lowest BCUT2D eigenvalue weighted by Gasteiger charge is -2.41. The third kappa shape index (κ3) is 6.84. The highest BCUT2D eigenvalue weighted by Crippen LogP contribution is 2.46. The van der Waals surface area contributed by atoms with Crippen LogP contribution in [0.1, 0.15) is 55.5 Å². The molecule has 1 aliphatic heterocycles. The average molecular weight is 615 g/mol. The lowest BCUT2D eigenvalue weighted by atomic mass is 9.88. The Hall–Kier alpha value is -3.17. The van der Waals surface area contributed by atoms with Gasteiger partial charge in [0.2, 0.25) is 21.8 Å². The third-order valence-electron chi connectivity index (χ3n) is 7.10. The van der Waals surface area contributed by atoms with Crippen LogP contribution in [0.5, 0.6) is 0 Å². The van der Waals surface area contributed by atoms with Crippen LogP contribution in [0, 0.1) is 12.8 Å². The number of amides is 2. The minimum absolute atomic E-state index is 0.0871. The summed E-state index contributed by atoms with van der Waals surface area (Å²) in [6, 6.07) is 17.9. The van der Waals surface area contributed by atoms with Crippen molar-refractivity contribution in [3.05, 3.63) is 111 Å². The van der Waals surface area contributed by atoms with Gasteiger partial charge in [0, 0.05) is 15.6 Å². The van der Waals surface area contributed by atoms with E-state index in [-0.39, 0.29) is 22.8 Å². The molecule has 7 nitrogen and oxygen atoms in total. The van der Waals surface area contributed by atoms with Crippen molar-refractivity contribution < 1.29 is 18.0 Å². The van der Waals surface area contributed by atoms with Crippen molar-refractivity contribution in [1.29, 1.82) is 0 Å². The second kappa shape index (κ2) is 12.8. The molecule has 10 heteroatoms. The predicted octanol–water partition coefficient (Wildman–Crippen LogP) is 6.12. The number of nitrogens with two attached hydrogens (primary N) is 1. The van der Waals surface area contributed by atoms with E-state index in [0.717, 1.165) is 0 Å². The quantitative estimate of drug-likeness (QED) is 0.303. The van der Waals surface area contributed by atoms with Gasteiger partial charge in [-0.15, -0.1) is 0 Å². The van der Waals surface area contributed by atoms with Crippen LogP contribution >= 0.6 is 23.2 Å². The Morgan fingerprint density at radius 3 is 2.27 bits per heavy atom. The summed E-state index contributed by atoms with van der Waals surface area (Å²) in [5.41, 5.74) is 7.59. The largest absolute Gasteiger partial charge is 0.368 e. The Labute approximate surface area is 251 Å². The molecule has 216 valence electrons. The number of aryl methyl sites for hydroxylation is 1. The molecule has 0 bridgehead atoms. The fourth-order valence-corrected chi connectivity index (χ4v) is 7.52. The normalized spacial score (nSPS) is 18.5. The molecule has 4 rings (SSSR count). The van der Waals surface area contributed by atoms with Crippen LogP contribution in [0.25, 0.3) is 0 Å². The van der Waals surface area contributed by atoms with Gasteiger partial charge in [0.25, 0.3) is 0 Å². The van der Waals surface area contributed by atoms with E-state index in [1.807, 2.05) is 13.8 Å². The first-order chi connectivity index (χ1) is 19.4. The van der Waals surface area contributed by atoms with Crippen molar-refractivity contribution >= 4 is 45.0 Å². The van der Waals surface area contributed by atoms with Gasteiger partial charge in [-0.1, -0.05) is 85.6 Å². The lowest BCUT2D eigenvalue weighted by molar-refractivity contribution is -0.126. The minimum atomic E-state index is -4.20. The summed E-state index contributed by atoms with van der Waals surface area (Å²) in [6.45, 7) is 5.57. The zero-order valence-corrected chi connectivity index (χ0v) is 25.4. The molecular formula is C31H33Cl2N3O4S. The Morgan fingerprint density at radius 1 is 0.976 bits per heavy atom. The molecule has 0 aliphatic carbocycles. The van der Waals surface area contributed by atoms with Gasteiger partial charge in [-0.25, -0.2) is 8.42 Å². The first kappa shape index (κ1) is 30.8. The van der Waals surface area contributed by atoms with Crippen molar-refractivity contribution in [3.8, 4) is 0 Å². The van der Waals surface area contributed by atoms with E-state index < -0.39 is 40.0 Å². The summed E-state index contributed by atoms with van der Waals surface area (Å²) >= 11 is 12.5. The summed E-state index contributed by atoms with van der Waals surface area (Å²) in [4.78, 5) is 26.2. The average Bonchev–Trinajstić information content (AvgIpc) is 2.92. The van der Waals surface area contributed by atoms with Crippen LogP contribution in [0.3, 0.4) is 0 Å². The zero-order chi connectivity index (χ0) is 29.9. The smallest absolute Gasteiger partial charge is 0.249 e. The Balaban J connectivity index is 1.94. The summed E-state index contributed by atoms with van der Waals surface area (Å²) in [7, 11) is -4.20. The van der Waals surface area contributed by atoms with Gasteiger partial charge in [-0.05, 0) is 72.7 Å². The van der Waals surface area contributed by atoms with Crippen LogP contribution in [-0.4, -0.2) is 30.6 Å². The number of benzene rings is 3. The van der Waals surface area contributed by atoms with Crippen molar-refractivity contribution in [3.63, 3.8) is 0 Å². The number of carbonyl (C=O) groups is 2. The van der Waals surface area contributed by atoms with E-state index >= 15 is 0 Å². The van der Waals surface area contributed by atoms with Crippen molar-refractivity contribution in [2.24, 2.45) is 11.7 Å². The third-order valence-corrected chi connectivity index (χ3v) is 9.62. The van der Waals surface area contributed by atoms with E-state index in [9.17, 15) is 18.0 Å². The number of carbonyl (C=O) groups excluding carboxylic acids is 2. The standard InChI is InChI=1S/C31H33Cl2N3O4S/c1-19(2)17-26(30(34)37)35-31(38)25-15-16-27(21-11-13-23(32)14-12-21)36(29(25)22-8-6-9-24(33)18-22)41(39,40)28-10-5-4-7-20(28)3/h4-15,18-19,26-27,29H,16-17H2,1-3H3,(H2,34,37)(H,35,38)/t26-,27-,29-/m0/s1. The first-order valence-corrected chi connectivity index (χ1v) is 15.5. The summed E-state index contributed by atoms with van der Waals surface area (Å²) < 4.78 is 30.6. The SMILES string of the molecule is Cc1ccccc1S(=O)(=O)N1[C@@H](c2cccc(Cl)c2)C(C(=O)N[C@@H](CC(C)C)C(N)=O)=CC[C@H]1c1ccc(Cl)cc1. The summed E-state index contributed by atoms with van der Waals surface area (Å²) in [6.07, 6.45) is 2.28. The number of rotatable bonds is 9. The van der Waals surface area contributed by atoms with Gasteiger partial charge < -0.3 is 11.1 Å². The molecule has 3 aromatic rings. The molecule has 0 spiro atoms. The number of nitrogens with zero attached hydrogens (tertiary/aromatic N) is 1. The molecule has 0 fully saturated rings. The highest BCUT2D eigenvalue weighted by Gasteiger charge is 2.45. The monoisotopic (exact) mass is 613 g/mol. The highest BCUT2D eigenvalue weighted by molar-refractivity contribution is 7.89. The molecule has 0 saturated heterocycles. The van der Waals surface area contributed by atoms with Crippen LogP contribution in [0.4, 0.5) is 0 Å². The molecular weight excluding hydrogens is 581 g/mol. The molecule has 0 aromatic heterocycles. The Kier molecular flexibility index (Phi) is 9.59. The molecule has 1 heterocycles. The topological polar surface area (TPSA) is 110 Å². The molecule has 41 heavy (non-hydrogen) atoms. The zero-order valence-electron chi connectivity index (χ0n) is 23.1. The molecule has 0 radical (unpaired) electrons. The van der Waals surface area contributed by atoms with Crippen LogP contribution in [0.2, 0.25) is 10.0 Å². The fraction of sp³-hybridized carbons (Fsp3) is 0.290. The van der Waals surface area contributed by atoms with Gasteiger partial charge in [-0.3, -0.25) is 9.59 Å². The van der Waals surface area contributed by atoms with Crippen LogP contribution < -0.4 is 11.1 Å². The van der Waals surface area contributed by atoms with Crippen LogP contribution in [0.15, 0.2) is 89.3 Å². The van der Waals surface area contributed by atoms with Gasteiger partial charge >= 0.3 is 0 Å². The molecule has 0 saturated carbocycles. The number of primary amides is 1. The molecule has 3 atom stereocenters. The highest BCUT2D eigenvalue weighted by atomic mass is 35.5. The summed E-state index contributed by atoms with van der Waals surface area (Å²) in [5.74, 6) is -1.14. The van der Waals surface area contributed by atoms with Crippen molar-refractivity contribution in [1.82, 2.24) is 9.62 Å². The molecule has 3 N–H and O–H groups in total. The van der Waals surface area contributed by atoms with E-state index in [2.05, 4.69) is 5.32 Å². The van der Waals surface area contributed by atoms with Crippen LogP contribution in [-0.2, 0) is 19.6 Å². The van der Waals surface area contributed by atoms with Gasteiger partial charge in [-0.2, -0.15) is 4.31 Å². The number of hydrogen-bond donors (Lipinski definition) is 2. The molecule has 3 aromatic carbocycles. The van der Waals surface area contributed by atoms with Crippen molar-refractivity contribution in [2.45, 2.75) is 56.6 Å².